The topological polar surface area (TPSA) is 83.2 Å². The van der Waals surface area contributed by atoms with Gasteiger partial charge >= 0.3 is 0 Å². The fourth-order valence-corrected chi connectivity index (χ4v) is 4.36. The Morgan fingerprint density at radius 2 is 1.88 bits per heavy atom. The minimum atomic E-state index is -0.622. The van der Waals surface area contributed by atoms with Crippen molar-refractivity contribution in [3.8, 4) is 11.5 Å². The number of hydrogen-bond acceptors (Lipinski definition) is 6. The van der Waals surface area contributed by atoms with Gasteiger partial charge in [0.05, 0.1) is 24.1 Å². The van der Waals surface area contributed by atoms with Gasteiger partial charge in [-0.05, 0) is 49.8 Å². The highest BCUT2D eigenvalue weighted by molar-refractivity contribution is 5.99. The summed E-state index contributed by atoms with van der Waals surface area (Å²) in [6.45, 7) is 8.90. The third-order valence-corrected chi connectivity index (χ3v) is 6.19. The predicted molar refractivity (Wildman–Crippen MR) is 123 cm³/mol. The normalized spacial score (nSPS) is 15.6. The summed E-state index contributed by atoms with van der Waals surface area (Å²) in [6, 6.07) is 9.67. The second-order valence-corrected chi connectivity index (χ2v) is 8.03. The molecule has 7 heteroatoms. The molecule has 0 saturated heterocycles. The largest absolute Gasteiger partial charge is 0.504 e. The van der Waals surface area contributed by atoms with E-state index in [9.17, 15) is 14.7 Å². The number of ether oxygens (including phenoxy) is 1. The number of aryl methyl sites for hydroxylation is 1. The molecule has 0 bridgehead atoms. The smallest absolute Gasteiger partial charge is 0.290 e. The van der Waals surface area contributed by atoms with E-state index in [4.69, 9.17) is 9.15 Å². The van der Waals surface area contributed by atoms with E-state index in [0.29, 0.717) is 35.2 Å². The van der Waals surface area contributed by atoms with Crippen LogP contribution >= 0.6 is 0 Å². The Morgan fingerprint density at radius 3 is 2.56 bits per heavy atom. The lowest BCUT2D eigenvalue weighted by molar-refractivity contribution is 0.0708. The van der Waals surface area contributed by atoms with Gasteiger partial charge in [0, 0.05) is 13.1 Å². The van der Waals surface area contributed by atoms with Gasteiger partial charge < -0.3 is 24.1 Å². The first kappa shape index (κ1) is 21.9. The standard InChI is InChI=1S/C25H28N2O5/c1-5-26(6-2)11-12-27-22(16-8-9-18(28)20(14-16)31-4)21-23(29)17-13-15(3)7-10-19(17)32-24(21)25(27)30/h7-10,13-14,22,28H,5-6,11-12H2,1-4H3. The Balaban J connectivity index is 1.90. The van der Waals surface area contributed by atoms with Crippen molar-refractivity contribution in [3.05, 3.63) is 69.1 Å². The molecule has 1 amide bonds. The number of methoxy groups -OCH3 is 1. The molecule has 1 atom stereocenters. The van der Waals surface area contributed by atoms with E-state index in [2.05, 4.69) is 18.7 Å². The molecule has 168 valence electrons. The average molecular weight is 437 g/mol. The molecule has 0 saturated carbocycles. The van der Waals surface area contributed by atoms with Crippen LogP contribution < -0.4 is 10.2 Å². The van der Waals surface area contributed by atoms with E-state index < -0.39 is 6.04 Å². The Bertz CT molecular complexity index is 1230. The van der Waals surface area contributed by atoms with Gasteiger partial charge in [0.1, 0.15) is 5.58 Å². The van der Waals surface area contributed by atoms with Crippen LogP contribution in [0, 0.1) is 6.92 Å². The number of carbonyl (C=O) groups excluding carboxylic acids is 1. The summed E-state index contributed by atoms with van der Waals surface area (Å²) in [5.74, 6) is 0.0662. The Kier molecular flexibility index (Phi) is 5.93. The molecule has 1 aliphatic rings. The highest BCUT2D eigenvalue weighted by Crippen LogP contribution is 2.40. The van der Waals surface area contributed by atoms with Crippen molar-refractivity contribution in [1.82, 2.24) is 9.80 Å². The third kappa shape index (κ3) is 3.62. The molecule has 32 heavy (non-hydrogen) atoms. The van der Waals surface area contributed by atoms with Crippen molar-refractivity contribution in [2.75, 3.05) is 33.3 Å². The molecule has 3 aromatic rings. The highest BCUT2D eigenvalue weighted by atomic mass is 16.5. The van der Waals surface area contributed by atoms with Gasteiger partial charge in [-0.25, -0.2) is 0 Å². The van der Waals surface area contributed by atoms with Gasteiger partial charge in [-0.1, -0.05) is 31.5 Å². The maximum absolute atomic E-state index is 13.6. The molecule has 2 heterocycles. The third-order valence-electron chi connectivity index (χ3n) is 6.19. The number of amides is 1. The van der Waals surface area contributed by atoms with Crippen molar-refractivity contribution in [3.63, 3.8) is 0 Å². The lowest BCUT2D eigenvalue weighted by atomic mass is 9.97. The molecule has 0 aliphatic carbocycles. The van der Waals surface area contributed by atoms with Crippen molar-refractivity contribution < 1.29 is 19.1 Å². The van der Waals surface area contributed by atoms with E-state index in [1.165, 1.54) is 13.2 Å². The summed E-state index contributed by atoms with van der Waals surface area (Å²) < 4.78 is 11.3. The SMILES string of the molecule is CCN(CC)CCN1C(=O)c2oc3ccc(C)cc3c(=O)c2C1c1ccc(O)c(OC)c1. The van der Waals surface area contributed by atoms with Crippen LogP contribution in [0.3, 0.4) is 0 Å². The molecule has 4 rings (SSSR count). The van der Waals surface area contributed by atoms with Gasteiger partial charge in [0.25, 0.3) is 5.91 Å². The number of phenolic OH excluding ortho intramolecular Hbond substituents is 1. The second kappa shape index (κ2) is 8.67. The first-order valence-electron chi connectivity index (χ1n) is 10.9. The molecular formula is C25H28N2O5. The first-order chi connectivity index (χ1) is 15.4. The van der Waals surface area contributed by atoms with E-state index >= 15 is 0 Å². The van der Waals surface area contributed by atoms with Crippen LogP contribution in [0.5, 0.6) is 11.5 Å². The number of phenols is 1. The molecule has 1 unspecified atom stereocenters. The Morgan fingerprint density at radius 1 is 1.12 bits per heavy atom. The van der Waals surface area contributed by atoms with Crippen LogP contribution in [0.15, 0.2) is 45.6 Å². The number of likely N-dealkylation sites (N-methyl/N-ethyl adjacent to an activating group) is 1. The van der Waals surface area contributed by atoms with Gasteiger partial charge in [0.2, 0.25) is 5.76 Å². The zero-order chi connectivity index (χ0) is 23.0. The second-order valence-electron chi connectivity index (χ2n) is 8.03. The van der Waals surface area contributed by atoms with Gasteiger partial charge in [-0.15, -0.1) is 0 Å². The fraction of sp³-hybridized carbons (Fsp3) is 0.360. The monoisotopic (exact) mass is 436 g/mol. The average Bonchev–Trinajstić information content (AvgIpc) is 3.07. The number of benzene rings is 2. The maximum Gasteiger partial charge on any atom is 0.290 e. The number of nitrogens with zero attached hydrogens (tertiary/aromatic N) is 2. The van der Waals surface area contributed by atoms with Crippen molar-refractivity contribution >= 4 is 16.9 Å². The summed E-state index contributed by atoms with van der Waals surface area (Å²) in [7, 11) is 1.47. The minimum absolute atomic E-state index is 0.00309. The summed E-state index contributed by atoms with van der Waals surface area (Å²) in [6.07, 6.45) is 0. The molecular weight excluding hydrogens is 408 g/mol. The van der Waals surface area contributed by atoms with Gasteiger partial charge in [-0.2, -0.15) is 0 Å². The van der Waals surface area contributed by atoms with Crippen LogP contribution in [-0.2, 0) is 0 Å². The van der Waals surface area contributed by atoms with Crippen molar-refractivity contribution in [1.29, 1.82) is 0 Å². The summed E-state index contributed by atoms with van der Waals surface area (Å²) in [5.41, 5.74) is 2.15. The number of rotatable bonds is 7. The lowest BCUT2D eigenvalue weighted by Gasteiger charge is -2.28. The summed E-state index contributed by atoms with van der Waals surface area (Å²) in [5, 5.41) is 10.5. The molecule has 2 aromatic carbocycles. The fourth-order valence-electron chi connectivity index (χ4n) is 4.36. The van der Waals surface area contributed by atoms with E-state index in [1.807, 2.05) is 13.0 Å². The molecule has 0 spiro atoms. The zero-order valence-electron chi connectivity index (χ0n) is 18.8. The number of hydrogen-bond donors (Lipinski definition) is 1. The number of carbonyl (C=O) groups is 1. The summed E-state index contributed by atoms with van der Waals surface area (Å²) >= 11 is 0. The molecule has 7 nitrogen and oxygen atoms in total. The van der Waals surface area contributed by atoms with Crippen molar-refractivity contribution in [2.24, 2.45) is 0 Å². The van der Waals surface area contributed by atoms with Crippen LogP contribution in [0.2, 0.25) is 0 Å². The molecule has 1 N–H and O–H groups in total. The highest BCUT2D eigenvalue weighted by Gasteiger charge is 2.42. The molecule has 1 aromatic heterocycles. The van der Waals surface area contributed by atoms with E-state index in [-0.39, 0.29) is 28.6 Å². The van der Waals surface area contributed by atoms with Crippen molar-refractivity contribution in [2.45, 2.75) is 26.8 Å². The molecule has 0 radical (unpaired) electrons. The molecule has 1 aliphatic heterocycles. The number of aromatic hydroxyl groups is 1. The zero-order valence-corrected chi connectivity index (χ0v) is 18.8. The quantitative estimate of drug-likeness (QED) is 0.608. The van der Waals surface area contributed by atoms with E-state index in [1.54, 1.807) is 29.2 Å². The maximum atomic E-state index is 13.6. The van der Waals surface area contributed by atoms with Crippen LogP contribution in [0.4, 0.5) is 0 Å². The summed E-state index contributed by atoms with van der Waals surface area (Å²) in [4.78, 5) is 30.9. The van der Waals surface area contributed by atoms with Gasteiger partial charge in [-0.3, -0.25) is 9.59 Å². The van der Waals surface area contributed by atoms with E-state index in [0.717, 1.165) is 18.7 Å². The lowest BCUT2D eigenvalue weighted by Crippen LogP contribution is -2.37. The Labute approximate surface area is 186 Å². The first-order valence-corrected chi connectivity index (χ1v) is 10.9. The molecule has 0 fully saturated rings. The minimum Gasteiger partial charge on any atom is -0.504 e. The van der Waals surface area contributed by atoms with Crippen LogP contribution in [-0.4, -0.2) is 54.1 Å². The van der Waals surface area contributed by atoms with Crippen LogP contribution in [0.1, 0.15) is 47.1 Å². The predicted octanol–water partition coefficient (Wildman–Crippen LogP) is 3.70. The van der Waals surface area contributed by atoms with Gasteiger partial charge in [0.15, 0.2) is 16.9 Å². The Hall–Kier alpha value is -3.32. The number of fused-ring (bicyclic) bond motifs is 2. The van der Waals surface area contributed by atoms with Crippen LogP contribution in [0.25, 0.3) is 11.0 Å².